The normalized spacial score (nSPS) is 11.8. The monoisotopic (exact) mass is 497 g/mol. The number of carboxylic acids is 1. The molecule has 1 atom stereocenters. The van der Waals surface area contributed by atoms with Crippen LogP contribution in [-0.2, 0) is 9.59 Å². The number of hydrogen-bond acceptors (Lipinski definition) is 6. The molecule has 0 fully saturated rings. The van der Waals surface area contributed by atoms with Gasteiger partial charge in [-0.25, -0.2) is 15.2 Å². The second kappa shape index (κ2) is 13.0. The lowest BCUT2D eigenvalue weighted by atomic mass is 10.0. The van der Waals surface area contributed by atoms with Crippen LogP contribution in [0.15, 0.2) is 42.6 Å². The number of rotatable bonds is 11. The third kappa shape index (κ3) is 11.1. The predicted octanol–water partition coefficient (Wildman–Crippen LogP) is 3.42. The Hall–Kier alpha value is -4.03. The summed E-state index contributed by atoms with van der Waals surface area (Å²) in [7, 11) is 0. The molecule has 5 N–H and O–H groups in total. The molecule has 3 amide bonds. The van der Waals surface area contributed by atoms with Crippen LogP contribution in [0.2, 0.25) is 0 Å². The van der Waals surface area contributed by atoms with Crippen LogP contribution >= 0.6 is 0 Å². The Kier molecular flexibility index (Phi) is 10.1. The first-order valence-corrected chi connectivity index (χ1v) is 10.6. The molecule has 1 heterocycles. The van der Waals surface area contributed by atoms with Crippen molar-refractivity contribution in [3.63, 3.8) is 0 Å². The summed E-state index contributed by atoms with van der Waals surface area (Å²) in [6, 6.07) is 6.25. The zero-order valence-corrected chi connectivity index (χ0v) is 18.8. The number of hydrogen-bond donors (Lipinski definition) is 5. The van der Waals surface area contributed by atoms with Crippen molar-refractivity contribution in [2.75, 3.05) is 11.9 Å². The molecule has 0 aliphatic carbocycles. The summed E-state index contributed by atoms with van der Waals surface area (Å²) in [4.78, 5) is 39.3. The van der Waals surface area contributed by atoms with Gasteiger partial charge in [0.25, 0.3) is 0 Å². The molecule has 1 aromatic heterocycles. The maximum Gasteiger partial charge on any atom is 0.573 e. The van der Waals surface area contributed by atoms with Gasteiger partial charge >= 0.3 is 18.4 Å². The van der Waals surface area contributed by atoms with Gasteiger partial charge in [0.15, 0.2) is 0 Å². The van der Waals surface area contributed by atoms with Gasteiger partial charge in [-0.05, 0) is 55.2 Å². The van der Waals surface area contributed by atoms with Crippen molar-refractivity contribution in [2.45, 2.75) is 45.0 Å². The minimum absolute atomic E-state index is 0.141. The lowest BCUT2D eigenvalue weighted by molar-refractivity contribution is -0.274. The Morgan fingerprint density at radius 1 is 1.09 bits per heavy atom. The van der Waals surface area contributed by atoms with E-state index >= 15 is 0 Å². The fraction of sp³-hybridized carbons (Fsp3) is 0.364. The number of nitrogens with zero attached hydrogens (tertiary/aromatic N) is 1. The van der Waals surface area contributed by atoms with E-state index in [1.807, 2.05) is 19.1 Å². The number of alkyl halides is 3. The van der Waals surface area contributed by atoms with Crippen LogP contribution in [0.5, 0.6) is 5.75 Å². The SMILES string of the molecule is Cc1ccnc(NCCCCC(=O)NNC(=O)NC(CC(=O)O)c2ccc(OC(F)(F)F)cc2)c1. The Balaban J connectivity index is 1.74. The van der Waals surface area contributed by atoms with E-state index in [9.17, 15) is 27.6 Å². The Labute approximate surface area is 199 Å². The van der Waals surface area contributed by atoms with Crippen LogP contribution in [0.1, 0.15) is 42.9 Å². The third-order valence-electron chi connectivity index (χ3n) is 4.57. The van der Waals surface area contributed by atoms with Crippen LogP contribution < -0.4 is 26.2 Å². The van der Waals surface area contributed by atoms with E-state index in [4.69, 9.17) is 5.11 Å². The molecule has 0 bridgehead atoms. The van der Waals surface area contributed by atoms with Crippen LogP contribution in [0.4, 0.5) is 23.8 Å². The van der Waals surface area contributed by atoms with Crippen molar-refractivity contribution < 1.29 is 37.4 Å². The molecule has 2 aromatic rings. The summed E-state index contributed by atoms with van der Waals surface area (Å²) < 4.78 is 40.6. The quantitative estimate of drug-likeness (QED) is 0.237. The molecule has 190 valence electrons. The number of unbranched alkanes of at least 4 members (excludes halogenated alkanes) is 1. The number of urea groups is 1. The number of carbonyl (C=O) groups is 3. The summed E-state index contributed by atoms with van der Waals surface area (Å²) in [6.45, 7) is 2.56. The summed E-state index contributed by atoms with van der Waals surface area (Å²) in [5, 5.41) is 14.6. The van der Waals surface area contributed by atoms with Crippen molar-refractivity contribution in [2.24, 2.45) is 0 Å². The number of aliphatic carboxylic acids is 1. The van der Waals surface area contributed by atoms with Gasteiger partial charge in [0.2, 0.25) is 5.91 Å². The zero-order chi connectivity index (χ0) is 25.8. The van der Waals surface area contributed by atoms with Crippen molar-refractivity contribution in [1.29, 1.82) is 0 Å². The van der Waals surface area contributed by atoms with Gasteiger partial charge in [-0.3, -0.25) is 15.0 Å². The molecular formula is C22H26F3N5O5. The Bertz CT molecular complexity index is 1000. The number of carbonyl (C=O) groups excluding carboxylic acids is 2. The molecule has 1 aromatic carbocycles. The molecule has 10 nitrogen and oxygen atoms in total. The number of aromatic nitrogens is 1. The summed E-state index contributed by atoms with van der Waals surface area (Å²) in [6.07, 6.45) is -2.34. The van der Waals surface area contributed by atoms with Crippen molar-refractivity contribution >= 4 is 23.7 Å². The summed E-state index contributed by atoms with van der Waals surface area (Å²) in [5.41, 5.74) is 5.66. The molecule has 1 unspecified atom stereocenters. The van der Waals surface area contributed by atoms with E-state index < -0.39 is 42.5 Å². The highest BCUT2D eigenvalue weighted by atomic mass is 19.4. The van der Waals surface area contributed by atoms with Gasteiger partial charge in [-0.1, -0.05) is 12.1 Å². The number of benzene rings is 1. The van der Waals surface area contributed by atoms with E-state index in [0.29, 0.717) is 19.4 Å². The van der Waals surface area contributed by atoms with Gasteiger partial charge in [-0.2, -0.15) is 0 Å². The number of aryl methyl sites for hydroxylation is 1. The van der Waals surface area contributed by atoms with Gasteiger partial charge in [-0.15, -0.1) is 13.2 Å². The van der Waals surface area contributed by atoms with Gasteiger partial charge in [0.1, 0.15) is 11.6 Å². The lowest BCUT2D eigenvalue weighted by Crippen LogP contribution is -2.48. The maximum absolute atomic E-state index is 12.3. The number of ether oxygens (including phenoxy) is 1. The molecule has 0 spiro atoms. The van der Waals surface area contributed by atoms with E-state index in [2.05, 4.69) is 31.2 Å². The second-order valence-electron chi connectivity index (χ2n) is 7.52. The smallest absolute Gasteiger partial charge is 0.481 e. The fourth-order valence-electron chi connectivity index (χ4n) is 2.97. The first-order valence-electron chi connectivity index (χ1n) is 10.6. The third-order valence-corrected chi connectivity index (χ3v) is 4.57. The highest BCUT2D eigenvalue weighted by molar-refractivity contribution is 5.81. The van der Waals surface area contributed by atoms with Crippen molar-refractivity contribution in [3.05, 3.63) is 53.7 Å². The predicted molar refractivity (Wildman–Crippen MR) is 119 cm³/mol. The largest absolute Gasteiger partial charge is 0.573 e. The number of hydrazine groups is 1. The number of carboxylic acid groups (broad SMARTS) is 1. The van der Waals surface area contributed by atoms with Crippen LogP contribution in [0.25, 0.3) is 0 Å². The number of halogens is 3. The summed E-state index contributed by atoms with van der Waals surface area (Å²) in [5.74, 6) is -1.44. The number of nitrogens with one attached hydrogen (secondary N) is 4. The zero-order valence-electron chi connectivity index (χ0n) is 18.8. The lowest BCUT2D eigenvalue weighted by Gasteiger charge is -2.19. The molecule has 35 heavy (non-hydrogen) atoms. The highest BCUT2D eigenvalue weighted by Gasteiger charge is 2.31. The molecule has 0 saturated heterocycles. The van der Waals surface area contributed by atoms with Crippen molar-refractivity contribution in [3.8, 4) is 5.75 Å². The van der Waals surface area contributed by atoms with E-state index in [0.717, 1.165) is 23.5 Å². The molecule has 0 aliphatic rings. The van der Waals surface area contributed by atoms with Gasteiger partial charge < -0.3 is 20.5 Å². The van der Waals surface area contributed by atoms with Crippen LogP contribution in [0.3, 0.4) is 0 Å². The molecule has 0 radical (unpaired) electrons. The average molecular weight is 497 g/mol. The second-order valence-corrected chi connectivity index (χ2v) is 7.52. The molecule has 13 heteroatoms. The van der Waals surface area contributed by atoms with Crippen molar-refractivity contribution in [1.82, 2.24) is 21.2 Å². The number of amides is 3. The molecule has 2 rings (SSSR count). The Morgan fingerprint density at radius 3 is 2.43 bits per heavy atom. The number of pyridine rings is 1. The average Bonchev–Trinajstić information content (AvgIpc) is 2.76. The molecule has 0 saturated carbocycles. The number of anilines is 1. The van der Waals surface area contributed by atoms with E-state index in [1.54, 1.807) is 6.20 Å². The van der Waals surface area contributed by atoms with Gasteiger partial charge in [0, 0.05) is 19.2 Å². The minimum atomic E-state index is -4.87. The first kappa shape index (κ1) is 27.2. The first-order chi connectivity index (χ1) is 16.5. The standard InChI is InChI=1S/C22H26F3N5O5/c1-14-9-11-27-18(12-14)26-10-3-2-4-19(31)29-30-21(34)28-17(13-20(32)33)15-5-7-16(8-6-15)35-22(23,24)25/h5-9,11-12,17H,2-4,10,13H2,1H3,(H,26,27)(H,29,31)(H,32,33)(H2,28,30,34). The topological polar surface area (TPSA) is 142 Å². The fourth-order valence-corrected chi connectivity index (χ4v) is 2.97. The minimum Gasteiger partial charge on any atom is -0.481 e. The summed E-state index contributed by atoms with van der Waals surface area (Å²) >= 11 is 0. The van der Waals surface area contributed by atoms with E-state index in [-0.39, 0.29) is 12.0 Å². The van der Waals surface area contributed by atoms with Crippen LogP contribution in [-0.4, -0.2) is 40.9 Å². The van der Waals surface area contributed by atoms with E-state index in [1.165, 1.54) is 12.1 Å². The maximum atomic E-state index is 12.3. The van der Waals surface area contributed by atoms with Crippen LogP contribution in [0, 0.1) is 6.92 Å². The Morgan fingerprint density at radius 2 is 1.80 bits per heavy atom. The highest BCUT2D eigenvalue weighted by Crippen LogP contribution is 2.25. The molecular weight excluding hydrogens is 471 g/mol. The molecule has 0 aliphatic heterocycles. The van der Waals surface area contributed by atoms with Gasteiger partial charge in [0.05, 0.1) is 12.5 Å².